The van der Waals surface area contributed by atoms with Crippen LogP contribution in [0.25, 0.3) is 11.5 Å². The summed E-state index contributed by atoms with van der Waals surface area (Å²) in [6, 6.07) is 17.6. The first-order valence-corrected chi connectivity index (χ1v) is 12.0. The Morgan fingerprint density at radius 1 is 1.05 bits per heavy atom. The summed E-state index contributed by atoms with van der Waals surface area (Å²) in [7, 11) is 0. The molecule has 6 nitrogen and oxygen atoms in total. The highest BCUT2D eigenvalue weighted by atomic mass is 19.1. The Hall–Kier alpha value is -4.11. The molecule has 2 N–H and O–H groups in total. The van der Waals surface area contributed by atoms with E-state index in [-0.39, 0.29) is 6.42 Å². The molecule has 38 heavy (non-hydrogen) atoms. The Morgan fingerprint density at radius 2 is 1.71 bits per heavy atom. The molecule has 0 bridgehead atoms. The predicted octanol–water partition coefficient (Wildman–Crippen LogP) is 5.86. The van der Waals surface area contributed by atoms with Gasteiger partial charge in [-0.25, -0.2) is 18.2 Å². The number of ether oxygens (including phenoxy) is 1. The molecule has 0 saturated carbocycles. The van der Waals surface area contributed by atoms with Gasteiger partial charge in [-0.15, -0.1) is 0 Å². The number of benzene rings is 3. The molecule has 0 amide bonds. The number of rotatable bonds is 11. The van der Waals surface area contributed by atoms with Crippen LogP contribution < -0.4 is 10.1 Å². The number of carboxylic acids is 1. The van der Waals surface area contributed by atoms with E-state index in [0.29, 0.717) is 42.4 Å². The van der Waals surface area contributed by atoms with Crippen LogP contribution in [0.5, 0.6) is 5.75 Å². The smallest absolute Gasteiger partial charge is 0.323 e. The predicted molar refractivity (Wildman–Crippen MR) is 135 cm³/mol. The van der Waals surface area contributed by atoms with E-state index in [4.69, 9.17) is 9.15 Å². The maximum atomic E-state index is 14.0. The van der Waals surface area contributed by atoms with E-state index in [9.17, 15) is 23.1 Å². The maximum absolute atomic E-state index is 14.0. The van der Waals surface area contributed by atoms with Gasteiger partial charge in [-0.3, -0.25) is 10.1 Å². The van der Waals surface area contributed by atoms with Crippen LogP contribution in [0.1, 0.15) is 29.5 Å². The van der Waals surface area contributed by atoms with Crippen LogP contribution >= 0.6 is 0 Å². The van der Waals surface area contributed by atoms with E-state index in [1.807, 2.05) is 37.3 Å². The number of aliphatic carboxylic acids is 1. The van der Waals surface area contributed by atoms with E-state index in [1.165, 1.54) is 6.92 Å². The van der Waals surface area contributed by atoms with Crippen LogP contribution in [-0.4, -0.2) is 28.2 Å². The van der Waals surface area contributed by atoms with Crippen molar-refractivity contribution >= 4 is 5.97 Å². The molecule has 0 spiro atoms. The molecular formula is C29H27F3N2O4. The average molecular weight is 525 g/mol. The number of carbonyl (C=O) groups is 1. The number of hydrogen-bond acceptors (Lipinski definition) is 5. The molecule has 9 heteroatoms. The zero-order chi connectivity index (χ0) is 27.3. The van der Waals surface area contributed by atoms with Gasteiger partial charge in [-0.1, -0.05) is 30.3 Å². The van der Waals surface area contributed by atoms with E-state index < -0.39 is 41.1 Å². The second-order valence-electron chi connectivity index (χ2n) is 9.15. The zero-order valence-electron chi connectivity index (χ0n) is 20.9. The molecule has 1 heterocycles. The van der Waals surface area contributed by atoms with Crippen LogP contribution in [0.3, 0.4) is 0 Å². The summed E-state index contributed by atoms with van der Waals surface area (Å²) in [5, 5.41) is 12.5. The number of hydrogen-bond donors (Lipinski definition) is 2. The number of oxazole rings is 1. The monoisotopic (exact) mass is 524 g/mol. The first kappa shape index (κ1) is 26.9. The normalized spacial score (nSPS) is 12.8. The number of nitrogens with zero attached hydrogens (tertiary/aromatic N) is 1. The Labute approximate surface area is 218 Å². The standard InChI is InChI=1S/C29H27F3N2O4/c1-18-26(34-27(38-18)20-6-4-3-5-7-20)12-13-37-22-10-8-19(9-11-22)16-29(2,28(35)36)33-17-23-24(31)14-21(30)15-25(23)32/h3-11,14-15,33H,12-13,16-17H2,1-2H3,(H,35,36). The molecule has 0 aliphatic carbocycles. The van der Waals surface area contributed by atoms with Gasteiger partial charge in [0.05, 0.1) is 12.3 Å². The van der Waals surface area contributed by atoms with Crippen molar-refractivity contribution in [2.45, 2.75) is 38.8 Å². The lowest BCUT2D eigenvalue weighted by atomic mass is 9.92. The molecule has 0 fully saturated rings. The van der Waals surface area contributed by atoms with Crippen molar-refractivity contribution in [3.63, 3.8) is 0 Å². The summed E-state index contributed by atoms with van der Waals surface area (Å²) in [5.74, 6) is -2.52. The van der Waals surface area contributed by atoms with E-state index in [1.54, 1.807) is 24.3 Å². The third kappa shape index (κ3) is 6.41. The SMILES string of the molecule is Cc1oc(-c2ccccc2)nc1CCOc1ccc(CC(C)(NCc2c(F)cc(F)cc2F)C(=O)O)cc1. The van der Waals surface area contributed by atoms with Gasteiger partial charge in [-0.05, 0) is 43.7 Å². The number of aryl methyl sites for hydroxylation is 1. The third-order valence-electron chi connectivity index (χ3n) is 6.24. The Morgan fingerprint density at radius 3 is 2.34 bits per heavy atom. The van der Waals surface area contributed by atoms with Crippen molar-refractivity contribution in [1.29, 1.82) is 0 Å². The van der Waals surface area contributed by atoms with E-state index in [0.717, 1.165) is 17.0 Å². The number of halogens is 3. The molecule has 3 aromatic carbocycles. The highest BCUT2D eigenvalue weighted by Crippen LogP contribution is 2.23. The topological polar surface area (TPSA) is 84.6 Å². The fourth-order valence-corrected chi connectivity index (χ4v) is 3.98. The van der Waals surface area contributed by atoms with Gasteiger partial charge in [0.2, 0.25) is 5.89 Å². The molecule has 1 aromatic heterocycles. The van der Waals surface area contributed by atoms with Gasteiger partial charge in [-0.2, -0.15) is 0 Å². The van der Waals surface area contributed by atoms with Gasteiger partial charge in [0.1, 0.15) is 34.5 Å². The minimum Gasteiger partial charge on any atom is -0.493 e. The van der Waals surface area contributed by atoms with Gasteiger partial charge in [0.15, 0.2) is 0 Å². The van der Waals surface area contributed by atoms with Crippen molar-refractivity contribution in [2.75, 3.05) is 6.61 Å². The van der Waals surface area contributed by atoms with Gasteiger partial charge in [0.25, 0.3) is 0 Å². The molecule has 0 radical (unpaired) electrons. The number of carboxylic acid groups (broad SMARTS) is 1. The summed E-state index contributed by atoms with van der Waals surface area (Å²) >= 11 is 0. The molecule has 1 atom stereocenters. The van der Waals surface area contributed by atoms with Crippen LogP contribution in [0.4, 0.5) is 13.2 Å². The minimum atomic E-state index is -1.53. The van der Waals surface area contributed by atoms with Crippen molar-refractivity contribution in [3.8, 4) is 17.2 Å². The van der Waals surface area contributed by atoms with Gasteiger partial charge >= 0.3 is 5.97 Å². The highest BCUT2D eigenvalue weighted by molar-refractivity contribution is 5.78. The summed E-state index contributed by atoms with van der Waals surface area (Å²) in [4.78, 5) is 16.5. The minimum absolute atomic E-state index is 0.0352. The van der Waals surface area contributed by atoms with Crippen molar-refractivity contribution in [2.24, 2.45) is 0 Å². The summed E-state index contributed by atoms with van der Waals surface area (Å²) in [6.07, 6.45) is 0.578. The zero-order valence-corrected chi connectivity index (χ0v) is 20.9. The molecule has 0 saturated heterocycles. The first-order chi connectivity index (χ1) is 18.1. The van der Waals surface area contributed by atoms with Crippen molar-refractivity contribution < 1.29 is 32.2 Å². The van der Waals surface area contributed by atoms with E-state index >= 15 is 0 Å². The lowest BCUT2D eigenvalue weighted by molar-refractivity contribution is -0.144. The molecule has 0 aliphatic heterocycles. The van der Waals surface area contributed by atoms with Crippen LogP contribution in [0, 0.1) is 24.4 Å². The first-order valence-electron chi connectivity index (χ1n) is 12.0. The van der Waals surface area contributed by atoms with Crippen molar-refractivity contribution in [1.82, 2.24) is 10.3 Å². The number of nitrogens with one attached hydrogen (secondary N) is 1. The van der Waals surface area contributed by atoms with Gasteiger partial charge < -0.3 is 14.3 Å². The molecule has 198 valence electrons. The third-order valence-corrected chi connectivity index (χ3v) is 6.24. The molecular weight excluding hydrogens is 497 g/mol. The maximum Gasteiger partial charge on any atom is 0.323 e. The van der Waals surface area contributed by atoms with Crippen LogP contribution in [-0.2, 0) is 24.2 Å². The summed E-state index contributed by atoms with van der Waals surface area (Å²) in [5.41, 5.74) is 0.416. The molecule has 1 unspecified atom stereocenters. The lowest BCUT2D eigenvalue weighted by Crippen LogP contribution is -2.51. The second kappa shape index (κ2) is 11.5. The lowest BCUT2D eigenvalue weighted by Gasteiger charge is -2.27. The molecule has 4 aromatic rings. The molecule has 0 aliphatic rings. The van der Waals surface area contributed by atoms with Crippen LogP contribution in [0.2, 0.25) is 0 Å². The Bertz CT molecular complexity index is 1380. The fraction of sp³-hybridized carbons (Fsp3) is 0.241. The highest BCUT2D eigenvalue weighted by Gasteiger charge is 2.33. The summed E-state index contributed by atoms with van der Waals surface area (Å²) < 4.78 is 52.7. The average Bonchev–Trinajstić information content (AvgIpc) is 3.25. The number of aromatic nitrogens is 1. The van der Waals surface area contributed by atoms with E-state index in [2.05, 4.69) is 10.3 Å². The van der Waals surface area contributed by atoms with Crippen molar-refractivity contribution in [3.05, 3.63) is 107 Å². The molecule has 4 rings (SSSR count). The Kier molecular flexibility index (Phi) is 8.16. The summed E-state index contributed by atoms with van der Waals surface area (Å²) in [6.45, 7) is 3.22. The Balaban J connectivity index is 1.34. The van der Waals surface area contributed by atoms with Gasteiger partial charge in [0, 0.05) is 42.6 Å². The quantitative estimate of drug-likeness (QED) is 0.256. The fourth-order valence-electron chi connectivity index (χ4n) is 3.98. The van der Waals surface area contributed by atoms with Crippen LogP contribution in [0.15, 0.2) is 71.1 Å². The largest absolute Gasteiger partial charge is 0.493 e. The second-order valence-corrected chi connectivity index (χ2v) is 9.15.